The molecule has 5 nitrogen and oxygen atoms in total. The van der Waals surface area contributed by atoms with Crippen molar-refractivity contribution in [2.45, 2.75) is 12.8 Å². The van der Waals surface area contributed by atoms with E-state index in [1.807, 2.05) is 42.6 Å². The van der Waals surface area contributed by atoms with Crippen LogP contribution in [0.5, 0.6) is 0 Å². The van der Waals surface area contributed by atoms with Crippen LogP contribution in [0, 0.1) is 0 Å². The molecule has 2 heterocycles. The summed E-state index contributed by atoms with van der Waals surface area (Å²) in [6, 6.07) is 20.5. The lowest BCUT2D eigenvalue weighted by molar-refractivity contribution is 0.877. The zero-order valence-electron chi connectivity index (χ0n) is 14.3. The Labute approximate surface area is 152 Å². The maximum Gasteiger partial charge on any atom is 0.237 e. The number of rotatable bonds is 5. The van der Waals surface area contributed by atoms with Crippen molar-refractivity contribution in [1.29, 1.82) is 0 Å². The van der Waals surface area contributed by atoms with Gasteiger partial charge >= 0.3 is 0 Å². The van der Waals surface area contributed by atoms with Crippen molar-refractivity contribution in [1.82, 2.24) is 19.5 Å². The van der Waals surface area contributed by atoms with Gasteiger partial charge in [0.25, 0.3) is 0 Å². The minimum atomic E-state index is 0.512. The van der Waals surface area contributed by atoms with Gasteiger partial charge in [-0.15, -0.1) is 0 Å². The number of aromatic nitrogens is 4. The van der Waals surface area contributed by atoms with Gasteiger partial charge in [-0.25, -0.2) is 9.97 Å². The van der Waals surface area contributed by atoms with E-state index in [0.29, 0.717) is 24.6 Å². The second-order valence-electron chi connectivity index (χ2n) is 6.13. The number of anilines is 1. The summed E-state index contributed by atoms with van der Waals surface area (Å²) in [5, 5.41) is 0. The van der Waals surface area contributed by atoms with Crippen molar-refractivity contribution in [3.8, 4) is 5.95 Å². The topological polar surface area (TPSA) is 69.6 Å². The molecule has 0 aliphatic rings. The van der Waals surface area contributed by atoms with Crippen LogP contribution in [0.4, 0.5) is 5.82 Å². The molecule has 5 heteroatoms. The number of nitrogen functional groups attached to an aromatic ring is 1. The van der Waals surface area contributed by atoms with Crippen LogP contribution in [-0.4, -0.2) is 19.5 Å². The molecule has 2 aromatic heterocycles. The molecule has 2 aromatic carbocycles. The van der Waals surface area contributed by atoms with Crippen molar-refractivity contribution in [2.24, 2.45) is 0 Å². The Kier molecular flexibility index (Phi) is 4.43. The van der Waals surface area contributed by atoms with Crippen molar-refractivity contribution < 1.29 is 0 Å². The lowest BCUT2D eigenvalue weighted by Crippen LogP contribution is -2.11. The zero-order valence-corrected chi connectivity index (χ0v) is 14.3. The summed E-state index contributed by atoms with van der Waals surface area (Å²) >= 11 is 0. The largest absolute Gasteiger partial charge is 0.383 e. The molecule has 0 saturated heterocycles. The maximum atomic E-state index is 6.34. The summed E-state index contributed by atoms with van der Waals surface area (Å²) < 4.78 is 1.77. The van der Waals surface area contributed by atoms with Gasteiger partial charge in [0.1, 0.15) is 12.1 Å². The highest BCUT2D eigenvalue weighted by molar-refractivity contribution is 5.48. The molecule has 4 rings (SSSR count). The molecule has 4 aromatic rings. The quantitative estimate of drug-likeness (QED) is 0.604. The van der Waals surface area contributed by atoms with E-state index in [1.165, 1.54) is 11.1 Å². The lowest BCUT2D eigenvalue weighted by Gasteiger charge is -2.14. The molecule has 0 aliphatic carbocycles. The van der Waals surface area contributed by atoms with E-state index in [4.69, 9.17) is 10.7 Å². The van der Waals surface area contributed by atoms with E-state index in [9.17, 15) is 0 Å². The van der Waals surface area contributed by atoms with E-state index in [2.05, 4.69) is 34.2 Å². The van der Waals surface area contributed by atoms with Crippen molar-refractivity contribution in [2.75, 3.05) is 5.73 Å². The Morgan fingerprint density at radius 2 is 1.46 bits per heavy atom. The summed E-state index contributed by atoms with van der Waals surface area (Å²) in [5.41, 5.74) is 10.6. The van der Waals surface area contributed by atoms with Gasteiger partial charge in [-0.05, 0) is 11.1 Å². The molecule has 0 fully saturated rings. The highest BCUT2D eigenvalue weighted by Gasteiger charge is 2.14. The fraction of sp³-hybridized carbons (Fsp3) is 0.0952. The summed E-state index contributed by atoms with van der Waals surface area (Å²) in [6.45, 7) is 0. The van der Waals surface area contributed by atoms with Gasteiger partial charge in [0.15, 0.2) is 0 Å². The van der Waals surface area contributed by atoms with Gasteiger partial charge in [0.05, 0.1) is 5.69 Å². The molecule has 0 amide bonds. The number of hydrogen-bond donors (Lipinski definition) is 1. The second kappa shape index (κ2) is 7.19. The van der Waals surface area contributed by atoms with Gasteiger partial charge in [-0.3, -0.25) is 4.57 Å². The monoisotopic (exact) mass is 341 g/mol. The first-order chi connectivity index (χ1) is 12.8. The number of benzene rings is 2. The third kappa shape index (κ3) is 3.47. The molecular formula is C21H19N5. The molecule has 0 bridgehead atoms. The van der Waals surface area contributed by atoms with E-state index in [-0.39, 0.29) is 0 Å². The summed E-state index contributed by atoms with van der Waals surface area (Å²) in [4.78, 5) is 13.4. The minimum Gasteiger partial charge on any atom is -0.383 e. The van der Waals surface area contributed by atoms with Gasteiger partial charge < -0.3 is 5.73 Å². The summed E-state index contributed by atoms with van der Waals surface area (Å²) in [6.07, 6.45) is 6.61. The van der Waals surface area contributed by atoms with Crippen LogP contribution >= 0.6 is 0 Å². The molecular weight excluding hydrogens is 322 g/mol. The molecule has 0 unspecified atom stereocenters. The average Bonchev–Trinajstić information content (AvgIpc) is 3.21. The van der Waals surface area contributed by atoms with Crippen LogP contribution in [0.3, 0.4) is 0 Å². The third-order valence-electron chi connectivity index (χ3n) is 4.29. The molecule has 0 radical (unpaired) electrons. The summed E-state index contributed by atoms with van der Waals surface area (Å²) in [7, 11) is 0. The second-order valence-corrected chi connectivity index (χ2v) is 6.13. The SMILES string of the molecule is Nc1nc(-n2ccnc2)nc(Cc2ccccc2)c1Cc1ccccc1. The Balaban J connectivity index is 1.78. The predicted octanol–water partition coefficient (Wildman–Crippen LogP) is 3.43. The molecule has 0 saturated carbocycles. The van der Waals surface area contributed by atoms with Gasteiger partial charge in [0, 0.05) is 30.8 Å². The number of imidazole rings is 1. The molecule has 0 spiro atoms. The number of nitrogens with two attached hydrogens (primary N) is 1. The van der Waals surface area contributed by atoms with Gasteiger partial charge in [0.2, 0.25) is 5.95 Å². The van der Waals surface area contributed by atoms with E-state index < -0.39 is 0 Å². The highest BCUT2D eigenvalue weighted by atomic mass is 15.2. The smallest absolute Gasteiger partial charge is 0.237 e. The average molecular weight is 341 g/mol. The first kappa shape index (κ1) is 16.0. The van der Waals surface area contributed by atoms with Crippen LogP contribution in [0.15, 0.2) is 79.4 Å². The van der Waals surface area contributed by atoms with E-state index in [1.54, 1.807) is 17.1 Å². The van der Waals surface area contributed by atoms with Crippen LogP contribution in [0.25, 0.3) is 5.95 Å². The van der Waals surface area contributed by atoms with Crippen LogP contribution in [0.1, 0.15) is 22.4 Å². The Bertz CT molecular complexity index is 980. The van der Waals surface area contributed by atoms with Crippen LogP contribution in [-0.2, 0) is 12.8 Å². The highest BCUT2D eigenvalue weighted by Crippen LogP contribution is 2.22. The fourth-order valence-corrected chi connectivity index (χ4v) is 2.96. The Hall–Kier alpha value is -3.47. The third-order valence-corrected chi connectivity index (χ3v) is 4.29. The molecule has 128 valence electrons. The van der Waals surface area contributed by atoms with Gasteiger partial charge in [-0.1, -0.05) is 60.7 Å². The first-order valence-corrected chi connectivity index (χ1v) is 8.51. The van der Waals surface area contributed by atoms with Gasteiger partial charge in [-0.2, -0.15) is 4.98 Å². The van der Waals surface area contributed by atoms with E-state index in [0.717, 1.165) is 11.3 Å². The zero-order chi connectivity index (χ0) is 17.8. The Morgan fingerprint density at radius 3 is 2.08 bits per heavy atom. The molecule has 2 N–H and O–H groups in total. The maximum absolute atomic E-state index is 6.34. The Morgan fingerprint density at radius 1 is 0.808 bits per heavy atom. The predicted molar refractivity (Wildman–Crippen MR) is 102 cm³/mol. The number of nitrogens with zero attached hydrogens (tertiary/aromatic N) is 4. The normalized spacial score (nSPS) is 10.8. The molecule has 0 aliphatic heterocycles. The number of hydrogen-bond acceptors (Lipinski definition) is 4. The summed E-state index contributed by atoms with van der Waals surface area (Å²) in [5.74, 6) is 1.06. The molecule has 26 heavy (non-hydrogen) atoms. The standard InChI is InChI=1S/C21H19N5/c22-20-18(13-16-7-3-1-4-8-16)19(14-17-9-5-2-6-10-17)24-21(25-20)26-12-11-23-15-26/h1-12,15H,13-14H2,(H2,22,24,25). The first-order valence-electron chi connectivity index (χ1n) is 8.51. The van der Waals surface area contributed by atoms with Crippen LogP contribution in [0.2, 0.25) is 0 Å². The lowest BCUT2D eigenvalue weighted by atomic mass is 10.00. The van der Waals surface area contributed by atoms with E-state index >= 15 is 0 Å². The molecule has 0 atom stereocenters. The van der Waals surface area contributed by atoms with Crippen molar-refractivity contribution in [3.63, 3.8) is 0 Å². The van der Waals surface area contributed by atoms with Crippen molar-refractivity contribution >= 4 is 5.82 Å². The minimum absolute atomic E-state index is 0.512. The fourth-order valence-electron chi connectivity index (χ4n) is 2.96. The van der Waals surface area contributed by atoms with Crippen molar-refractivity contribution in [3.05, 3.63) is 102 Å². The van der Waals surface area contributed by atoms with Crippen LogP contribution < -0.4 is 5.73 Å².